The lowest BCUT2D eigenvalue weighted by molar-refractivity contribution is -0.124. The molecule has 0 aliphatic carbocycles. The number of fused-ring (bicyclic) bond motifs is 2. The SMILES string of the molecule is COc1ccc(N2C(=O)CS[C@]23C(=O)N(CC(=O)Nc2ccc(C)c(C)c2)c2ccccc23)cc1. The molecule has 1 fully saturated rings. The Hall–Kier alpha value is -3.78. The second-order valence-corrected chi connectivity index (χ2v) is 9.78. The van der Waals surface area contributed by atoms with Crippen LogP contribution in [0.25, 0.3) is 0 Å². The van der Waals surface area contributed by atoms with Gasteiger partial charge in [-0.05, 0) is 67.4 Å². The van der Waals surface area contributed by atoms with Crippen molar-refractivity contribution in [3.8, 4) is 5.75 Å². The lowest BCUT2D eigenvalue weighted by Crippen LogP contribution is -2.50. The van der Waals surface area contributed by atoms with Crippen LogP contribution in [-0.2, 0) is 19.3 Å². The van der Waals surface area contributed by atoms with E-state index < -0.39 is 4.87 Å². The normalized spacial score (nSPS) is 18.8. The Kier molecular flexibility index (Phi) is 5.76. The predicted molar refractivity (Wildman–Crippen MR) is 138 cm³/mol. The number of nitrogens with zero attached hydrogens (tertiary/aromatic N) is 2. The molecule has 8 heteroatoms. The first-order valence-electron chi connectivity index (χ1n) is 11.2. The maximum absolute atomic E-state index is 14.0. The van der Waals surface area contributed by atoms with Gasteiger partial charge < -0.3 is 10.1 Å². The number of carbonyl (C=O) groups excluding carboxylic acids is 3. The van der Waals surface area contributed by atoms with Crippen LogP contribution < -0.4 is 19.9 Å². The third kappa shape index (κ3) is 3.74. The summed E-state index contributed by atoms with van der Waals surface area (Å²) in [6.07, 6.45) is 0. The summed E-state index contributed by atoms with van der Waals surface area (Å²) in [7, 11) is 1.57. The zero-order valence-corrected chi connectivity index (χ0v) is 20.5. The molecule has 0 saturated carbocycles. The summed E-state index contributed by atoms with van der Waals surface area (Å²) < 4.78 is 5.25. The first kappa shape index (κ1) is 23.0. The van der Waals surface area contributed by atoms with E-state index >= 15 is 0 Å². The number of nitrogens with one attached hydrogen (secondary N) is 1. The van der Waals surface area contributed by atoms with Crippen molar-refractivity contribution in [3.63, 3.8) is 0 Å². The van der Waals surface area contributed by atoms with Gasteiger partial charge in [0.25, 0.3) is 5.91 Å². The van der Waals surface area contributed by atoms with Crippen LogP contribution in [0.3, 0.4) is 0 Å². The number of anilines is 3. The van der Waals surface area contributed by atoms with Crippen LogP contribution in [-0.4, -0.2) is 37.1 Å². The van der Waals surface area contributed by atoms with E-state index in [2.05, 4.69) is 5.32 Å². The van der Waals surface area contributed by atoms with Gasteiger partial charge in [0.05, 0.1) is 18.6 Å². The first-order valence-corrected chi connectivity index (χ1v) is 12.2. The number of amides is 3. The molecule has 5 rings (SSSR count). The molecule has 1 saturated heterocycles. The van der Waals surface area contributed by atoms with Crippen molar-refractivity contribution in [2.45, 2.75) is 18.7 Å². The Labute approximate surface area is 208 Å². The highest BCUT2D eigenvalue weighted by molar-refractivity contribution is 8.02. The fourth-order valence-corrected chi connectivity index (χ4v) is 5.97. The maximum Gasteiger partial charge on any atom is 0.269 e. The Morgan fingerprint density at radius 2 is 1.77 bits per heavy atom. The van der Waals surface area contributed by atoms with Gasteiger partial charge in [-0.15, -0.1) is 11.8 Å². The molecule has 1 atom stereocenters. The van der Waals surface area contributed by atoms with Crippen LogP contribution in [0.5, 0.6) is 5.75 Å². The minimum atomic E-state index is -1.26. The highest BCUT2D eigenvalue weighted by atomic mass is 32.2. The second kappa shape index (κ2) is 8.78. The molecule has 2 heterocycles. The number of hydrogen-bond donors (Lipinski definition) is 1. The molecule has 178 valence electrons. The van der Waals surface area contributed by atoms with E-state index in [1.807, 2.05) is 56.3 Å². The van der Waals surface area contributed by atoms with Crippen LogP contribution in [0.15, 0.2) is 66.7 Å². The Balaban J connectivity index is 1.49. The van der Waals surface area contributed by atoms with Crippen molar-refractivity contribution in [1.29, 1.82) is 0 Å². The van der Waals surface area contributed by atoms with Crippen LogP contribution in [0.2, 0.25) is 0 Å². The van der Waals surface area contributed by atoms with Gasteiger partial charge in [0.2, 0.25) is 16.7 Å². The molecule has 3 aromatic carbocycles. The molecule has 7 nitrogen and oxygen atoms in total. The Morgan fingerprint density at radius 1 is 1.03 bits per heavy atom. The van der Waals surface area contributed by atoms with Crippen molar-refractivity contribution in [3.05, 3.63) is 83.4 Å². The zero-order valence-electron chi connectivity index (χ0n) is 19.7. The van der Waals surface area contributed by atoms with Gasteiger partial charge in [-0.25, -0.2) is 0 Å². The van der Waals surface area contributed by atoms with E-state index in [4.69, 9.17) is 4.74 Å². The molecule has 0 radical (unpaired) electrons. The van der Waals surface area contributed by atoms with Crippen molar-refractivity contribution in [1.82, 2.24) is 0 Å². The Morgan fingerprint density at radius 3 is 2.49 bits per heavy atom. The van der Waals surface area contributed by atoms with Gasteiger partial charge in [-0.2, -0.15) is 0 Å². The molecule has 0 bridgehead atoms. The van der Waals surface area contributed by atoms with Crippen LogP contribution >= 0.6 is 11.8 Å². The van der Waals surface area contributed by atoms with E-state index in [9.17, 15) is 14.4 Å². The molecule has 1 spiro atoms. The minimum Gasteiger partial charge on any atom is -0.497 e. The average Bonchev–Trinajstić information content (AvgIpc) is 3.32. The van der Waals surface area contributed by atoms with Gasteiger partial charge in [-0.3, -0.25) is 24.2 Å². The predicted octanol–water partition coefficient (Wildman–Crippen LogP) is 4.23. The molecule has 3 aromatic rings. The summed E-state index contributed by atoms with van der Waals surface area (Å²) in [5, 5.41) is 2.90. The average molecular weight is 488 g/mol. The molecular weight excluding hydrogens is 462 g/mol. The number of aryl methyl sites for hydroxylation is 2. The number of carbonyl (C=O) groups is 3. The molecule has 0 aromatic heterocycles. The van der Waals surface area contributed by atoms with Crippen molar-refractivity contribution >= 4 is 46.5 Å². The molecule has 2 aliphatic rings. The number of hydrogen-bond acceptors (Lipinski definition) is 5. The number of methoxy groups -OCH3 is 1. The molecule has 2 aliphatic heterocycles. The van der Waals surface area contributed by atoms with Crippen LogP contribution in [0, 0.1) is 13.8 Å². The van der Waals surface area contributed by atoms with E-state index in [-0.39, 0.29) is 30.0 Å². The second-order valence-electron chi connectivity index (χ2n) is 8.62. The lowest BCUT2D eigenvalue weighted by atomic mass is 10.0. The Bertz CT molecular complexity index is 1340. The zero-order chi connectivity index (χ0) is 24.7. The smallest absolute Gasteiger partial charge is 0.269 e. The molecule has 0 unspecified atom stereocenters. The molecule has 35 heavy (non-hydrogen) atoms. The van der Waals surface area contributed by atoms with Crippen molar-refractivity contribution in [2.75, 3.05) is 34.5 Å². The fraction of sp³-hybridized carbons (Fsp3) is 0.222. The lowest BCUT2D eigenvalue weighted by Gasteiger charge is -2.33. The highest BCUT2D eigenvalue weighted by Crippen LogP contribution is 2.55. The van der Waals surface area contributed by atoms with E-state index in [0.29, 0.717) is 28.4 Å². The number of benzene rings is 3. The summed E-state index contributed by atoms with van der Waals surface area (Å²) in [5.41, 5.74) is 4.82. The van der Waals surface area contributed by atoms with Crippen LogP contribution in [0.4, 0.5) is 17.1 Å². The van der Waals surface area contributed by atoms with E-state index in [1.54, 1.807) is 36.3 Å². The van der Waals surface area contributed by atoms with E-state index in [1.165, 1.54) is 16.7 Å². The number of thioether (sulfide) groups is 1. The molecule has 1 N–H and O–H groups in total. The summed E-state index contributed by atoms with van der Waals surface area (Å²) >= 11 is 1.28. The largest absolute Gasteiger partial charge is 0.497 e. The summed E-state index contributed by atoms with van der Waals surface area (Å²) in [6.45, 7) is 3.84. The maximum atomic E-state index is 14.0. The standard InChI is InChI=1S/C27H25N3O4S/c1-17-8-9-19(14-18(17)2)28-24(31)15-29-23-7-5-4-6-22(23)27(26(29)33)30(25(32)16-35-27)20-10-12-21(34-3)13-11-20/h4-14H,15-16H2,1-3H3,(H,28,31)/t27-/m1/s1. The van der Waals surface area contributed by atoms with Gasteiger partial charge in [0.15, 0.2) is 0 Å². The first-order chi connectivity index (χ1) is 16.8. The summed E-state index contributed by atoms with van der Waals surface area (Å²) in [6, 6.07) is 20.1. The van der Waals surface area contributed by atoms with E-state index in [0.717, 1.165) is 11.1 Å². The van der Waals surface area contributed by atoms with Gasteiger partial charge in [0, 0.05) is 16.9 Å². The number of para-hydroxylation sites is 1. The molecular formula is C27H25N3O4S. The third-order valence-corrected chi connectivity index (χ3v) is 7.87. The summed E-state index contributed by atoms with van der Waals surface area (Å²) in [5.74, 6) is 0.0448. The minimum absolute atomic E-state index is 0.157. The number of ether oxygens (including phenoxy) is 1. The highest BCUT2D eigenvalue weighted by Gasteiger charge is 2.61. The topological polar surface area (TPSA) is 79.0 Å². The van der Waals surface area contributed by atoms with Gasteiger partial charge in [-0.1, -0.05) is 24.3 Å². The van der Waals surface area contributed by atoms with Gasteiger partial charge in [0.1, 0.15) is 12.3 Å². The van der Waals surface area contributed by atoms with Crippen LogP contribution in [0.1, 0.15) is 16.7 Å². The fourth-order valence-electron chi connectivity index (χ4n) is 4.61. The van der Waals surface area contributed by atoms with Gasteiger partial charge >= 0.3 is 0 Å². The summed E-state index contributed by atoms with van der Waals surface area (Å²) in [4.78, 5) is 41.9. The molecule has 3 amide bonds. The monoisotopic (exact) mass is 487 g/mol. The van der Waals surface area contributed by atoms with Crippen molar-refractivity contribution in [2.24, 2.45) is 0 Å². The van der Waals surface area contributed by atoms with Crippen molar-refractivity contribution < 1.29 is 19.1 Å². The quantitative estimate of drug-likeness (QED) is 0.583. The third-order valence-electron chi connectivity index (χ3n) is 6.49. The number of rotatable bonds is 5.